The van der Waals surface area contributed by atoms with E-state index in [1.807, 2.05) is 39.0 Å². The number of allylic oxidation sites excluding steroid dienone is 1. The van der Waals surface area contributed by atoms with Crippen LogP contribution in [-0.2, 0) is 4.79 Å². The highest BCUT2D eigenvalue weighted by Crippen LogP contribution is 2.34. The summed E-state index contributed by atoms with van der Waals surface area (Å²) in [4.78, 5) is 13.1. The van der Waals surface area contributed by atoms with Crippen LogP contribution >= 0.6 is 35.4 Å². The summed E-state index contributed by atoms with van der Waals surface area (Å²) < 4.78 is 0. The predicted molar refractivity (Wildman–Crippen MR) is 115 cm³/mol. The molecule has 4 nitrogen and oxygen atoms in total. The van der Waals surface area contributed by atoms with Crippen LogP contribution in [0, 0.1) is 13.8 Å². The molecular formula is C20H19Cl2N3OS. The van der Waals surface area contributed by atoms with Gasteiger partial charge in [0, 0.05) is 21.4 Å². The van der Waals surface area contributed by atoms with E-state index in [0.717, 1.165) is 22.4 Å². The number of hydrogen-bond acceptors (Lipinski definition) is 2. The summed E-state index contributed by atoms with van der Waals surface area (Å²) in [7, 11) is 0. The van der Waals surface area contributed by atoms with Gasteiger partial charge in [0.2, 0.25) is 0 Å². The van der Waals surface area contributed by atoms with Crippen LogP contribution in [0.2, 0.25) is 10.0 Å². The Morgan fingerprint density at radius 3 is 2.56 bits per heavy atom. The van der Waals surface area contributed by atoms with Crippen molar-refractivity contribution < 1.29 is 4.79 Å². The Morgan fingerprint density at radius 1 is 1.11 bits per heavy atom. The van der Waals surface area contributed by atoms with Crippen molar-refractivity contribution in [3.05, 3.63) is 74.4 Å². The van der Waals surface area contributed by atoms with E-state index < -0.39 is 6.04 Å². The Hall–Kier alpha value is -2.08. The van der Waals surface area contributed by atoms with Crippen molar-refractivity contribution in [2.75, 3.05) is 5.32 Å². The Kier molecular flexibility index (Phi) is 5.75. The Balaban J connectivity index is 2.01. The van der Waals surface area contributed by atoms with Gasteiger partial charge in [-0.25, -0.2) is 0 Å². The minimum atomic E-state index is -0.478. The largest absolute Gasteiger partial charge is 0.351 e. The standard InChI is InChI=1S/C20H19Cl2N3OS/c1-10-4-5-11(2)16(8-10)24-19(26)17-12(3)23-20(27)25-18(17)14-7-6-13(21)9-15(14)22/h4-9,18H,1-3H3,(H,24,26)(H2,23,25,27)/t18-/m1/s1. The maximum Gasteiger partial charge on any atom is 0.255 e. The first-order valence-electron chi connectivity index (χ1n) is 8.38. The molecule has 140 valence electrons. The Labute approximate surface area is 173 Å². The number of aryl methyl sites for hydroxylation is 2. The Morgan fingerprint density at radius 2 is 1.85 bits per heavy atom. The number of thiocarbonyl (C=S) groups is 1. The highest BCUT2D eigenvalue weighted by atomic mass is 35.5. The lowest BCUT2D eigenvalue weighted by Crippen LogP contribution is -2.45. The zero-order valence-corrected chi connectivity index (χ0v) is 17.4. The molecule has 1 heterocycles. The van der Waals surface area contributed by atoms with Crippen molar-refractivity contribution in [3.8, 4) is 0 Å². The maximum atomic E-state index is 13.1. The number of halogens is 2. The van der Waals surface area contributed by atoms with Gasteiger partial charge < -0.3 is 16.0 Å². The molecular weight excluding hydrogens is 401 g/mol. The lowest BCUT2D eigenvalue weighted by Gasteiger charge is -2.31. The van der Waals surface area contributed by atoms with Crippen LogP contribution in [0.1, 0.15) is 29.7 Å². The molecule has 0 spiro atoms. The van der Waals surface area contributed by atoms with Crippen molar-refractivity contribution in [1.29, 1.82) is 0 Å². The molecule has 1 atom stereocenters. The molecule has 1 aliphatic rings. The molecule has 7 heteroatoms. The maximum absolute atomic E-state index is 13.1. The summed E-state index contributed by atoms with van der Waals surface area (Å²) in [6.07, 6.45) is 0. The van der Waals surface area contributed by atoms with E-state index >= 15 is 0 Å². The third kappa shape index (κ3) is 4.26. The average Bonchev–Trinajstić information content (AvgIpc) is 2.57. The van der Waals surface area contributed by atoms with Crippen molar-refractivity contribution in [1.82, 2.24) is 10.6 Å². The van der Waals surface area contributed by atoms with Crippen molar-refractivity contribution in [2.45, 2.75) is 26.8 Å². The summed E-state index contributed by atoms with van der Waals surface area (Å²) in [5, 5.41) is 10.6. The number of rotatable bonds is 3. The molecule has 0 fully saturated rings. The molecule has 3 rings (SSSR count). The van der Waals surface area contributed by atoms with Gasteiger partial charge in [0.1, 0.15) is 0 Å². The smallest absolute Gasteiger partial charge is 0.255 e. The fourth-order valence-corrected chi connectivity index (χ4v) is 3.81. The molecule has 0 radical (unpaired) electrons. The minimum absolute atomic E-state index is 0.222. The van der Waals surface area contributed by atoms with Crippen LogP contribution in [-0.4, -0.2) is 11.0 Å². The first-order chi connectivity index (χ1) is 12.8. The number of hydrogen-bond donors (Lipinski definition) is 3. The fourth-order valence-electron chi connectivity index (χ4n) is 3.02. The fraction of sp³-hybridized carbons (Fsp3) is 0.200. The monoisotopic (exact) mass is 419 g/mol. The van der Waals surface area contributed by atoms with Gasteiger partial charge >= 0.3 is 0 Å². The minimum Gasteiger partial charge on any atom is -0.351 e. The summed E-state index contributed by atoms with van der Waals surface area (Å²) in [6, 6.07) is 10.6. The normalized spacial score (nSPS) is 16.6. The first kappa shape index (κ1) is 19.7. The SMILES string of the molecule is CC1=C(C(=O)Nc2cc(C)ccc2C)[C@@H](c2ccc(Cl)cc2Cl)NC(=S)N1. The molecule has 0 aliphatic carbocycles. The van der Waals surface area contributed by atoms with E-state index in [1.54, 1.807) is 18.2 Å². The molecule has 0 unspecified atom stereocenters. The topological polar surface area (TPSA) is 53.2 Å². The van der Waals surface area contributed by atoms with E-state index in [9.17, 15) is 4.79 Å². The second-order valence-electron chi connectivity index (χ2n) is 6.51. The quantitative estimate of drug-likeness (QED) is 0.609. The molecule has 27 heavy (non-hydrogen) atoms. The van der Waals surface area contributed by atoms with Crippen LogP contribution in [0.15, 0.2) is 47.7 Å². The predicted octanol–water partition coefficient (Wildman–Crippen LogP) is 5.04. The number of nitrogens with one attached hydrogen (secondary N) is 3. The molecule has 1 amide bonds. The molecule has 3 N–H and O–H groups in total. The van der Waals surface area contributed by atoms with Crippen LogP contribution in [0.3, 0.4) is 0 Å². The van der Waals surface area contributed by atoms with Gasteiger partial charge in [0.15, 0.2) is 5.11 Å². The van der Waals surface area contributed by atoms with Crippen molar-refractivity contribution >= 4 is 52.1 Å². The summed E-state index contributed by atoms with van der Waals surface area (Å²) in [6.45, 7) is 5.76. The van der Waals surface area contributed by atoms with Crippen molar-refractivity contribution in [3.63, 3.8) is 0 Å². The van der Waals surface area contributed by atoms with E-state index in [4.69, 9.17) is 35.4 Å². The average molecular weight is 420 g/mol. The molecule has 0 saturated heterocycles. The molecule has 0 saturated carbocycles. The van der Waals surface area contributed by atoms with E-state index in [2.05, 4.69) is 16.0 Å². The molecule has 0 bridgehead atoms. The number of anilines is 1. The summed E-state index contributed by atoms with van der Waals surface area (Å²) in [5.74, 6) is -0.222. The van der Waals surface area contributed by atoms with Gasteiger partial charge in [-0.05, 0) is 67.9 Å². The third-order valence-corrected chi connectivity index (χ3v) is 5.21. The van der Waals surface area contributed by atoms with Gasteiger partial charge in [0.25, 0.3) is 5.91 Å². The first-order valence-corrected chi connectivity index (χ1v) is 9.54. The zero-order chi connectivity index (χ0) is 19.7. The lowest BCUT2D eigenvalue weighted by atomic mass is 9.94. The van der Waals surface area contributed by atoms with Gasteiger partial charge in [-0.3, -0.25) is 4.79 Å². The molecule has 1 aliphatic heterocycles. The summed E-state index contributed by atoms with van der Waals surface area (Å²) in [5.41, 5.74) is 4.76. The number of carbonyl (C=O) groups is 1. The van der Waals surface area contributed by atoms with Crippen LogP contribution in [0.5, 0.6) is 0 Å². The number of amides is 1. The number of benzene rings is 2. The van der Waals surface area contributed by atoms with Gasteiger partial charge in [-0.1, -0.05) is 41.4 Å². The highest BCUT2D eigenvalue weighted by molar-refractivity contribution is 7.80. The second-order valence-corrected chi connectivity index (χ2v) is 7.76. The van der Waals surface area contributed by atoms with E-state index in [0.29, 0.717) is 26.4 Å². The second kappa shape index (κ2) is 7.89. The molecule has 0 aromatic heterocycles. The van der Waals surface area contributed by atoms with Gasteiger partial charge in [-0.15, -0.1) is 0 Å². The van der Waals surface area contributed by atoms with Crippen LogP contribution < -0.4 is 16.0 Å². The summed E-state index contributed by atoms with van der Waals surface area (Å²) >= 11 is 17.7. The number of carbonyl (C=O) groups excluding carboxylic acids is 1. The van der Waals surface area contributed by atoms with E-state index in [-0.39, 0.29) is 5.91 Å². The van der Waals surface area contributed by atoms with Crippen LogP contribution in [0.4, 0.5) is 5.69 Å². The van der Waals surface area contributed by atoms with Gasteiger partial charge in [0.05, 0.1) is 11.6 Å². The molecule has 2 aromatic rings. The van der Waals surface area contributed by atoms with Crippen molar-refractivity contribution in [2.24, 2.45) is 0 Å². The lowest BCUT2D eigenvalue weighted by molar-refractivity contribution is -0.113. The Bertz CT molecular complexity index is 972. The van der Waals surface area contributed by atoms with Crippen LogP contribution in [0.25, 0.3) is 0 Å². The zero-order valence-electron chi connectivity index (χ0n) is 15.1. The van der Waals surface area contributed by atoms with E-state index in [1.165, 1.54) is 0 Å². The molecule has 2 aromatic carbocycles. The van der Waals surface area contributed by atoms with Gasteiger partial charge in [-0.2, -0.15) is 0 Å². The third-order valence-electron chi connectivity index (χ3n) is 4.43. The highest BCUT2D eigenvalue weighted by Gasteiger charge is 2.31.